The number of rotatable bonds is 3. The fraction of sp³-hybridized carbons (Fsp3) is 0.562. The van der Waals surface area contributed by atoms with E-state index in [1.165, 1.54) is 12.1 Å². The number of benzene rings is 1. The molecule has 3 rings (SSSR count). The van der Waals surface area contributed by atoms with Gasteiger partial charge in [0.1, 0.15) is 18.3 Å². The zero-order valence-corrected chi connectivity index (χ0v) is 14.3. The fourth-order valence-electron chi connectivity index (χ4n) is 3.34. The topological polar surface area (TPSA) is 107 Å². The molecule has 0 radical (unpaired) electrons. The summed E-state index contributed by atoms with van der Waals surface area (Å²) in [5, 5.41) is 39.8. The van der Waals surface area contributed by atoms with Crippen molar-refractivity contribution in [3.05, 3.63) is 33.8 Å². The van der Waals surface area contributed by atoms with Gasteiger partial charge in [0, 0.05) is 16.9 Å². The summed E-state index contributed by atoms with van der Waals surface area (Å²) in [7, 11) is 0. The molecule has 1 aromatic carbocycles. The molecule has 7 atom stereocenters. The van der Waals surface area contributed by atoms with E-state index in [1.807, 2.05) is 0 Å². The maximum atomic E-state index is 12.6. The molecule has 1 saturated carbocycles. The number of ketones is 1. The Morgan fingerprint density at radius 1 is 1.12 bits per heavy atom. The number of hydrogen-bond donors (Lipinski definition) is 4. The van der Waals surface area contributed by atoms with Crippen molar-refractivity contribution in [2.24, 2.45) is 11.3 Å². The lowest BCUT2D eigenvalue weighted by Crippen LogP contribution is -2.59. The predicted octanol–water partition coefficient (Wildman–Crippen LogP) is 1.00. The molecular formula is C16H18Cl2O6. The van der Waals surface area contributed by atoms with Gasteiger partial charge in [-0.15, -0.1) is 0 Å². The molecular weight excluding hydrogens is 359 g/mol. The average Bonchev–Trinajstić information content (AvgIpc) is 3.23. The van der Waals surface area contributed by atoms with E-state index in [0.717, 1.165) is 0 Å². The highest BCUT2D eigenvalue weighted by Crippen LogP contribution is 2.59. The summed E-state index contributed by atoms with van der Waals surface area (Å²) in [6, 6.07) is 4.59. The second-order valence-corrected chi connectivity index (χ2v) is 7.49. The smallest absolute Gasteiger partial charge is 0.183 e. The first-order valence-corrected chi connectivity index (χ1v) is 8.29. The van der Waals surface area contributed by atoms with Crippen LogP contribution in [0.5, 0.6) is 0 Å². The number of aliphatic hydroxyl groups is 4. The van der Waals surface area contributed by atoms with Crippen LogP contribution in [-0.4, -0.2) is 56.9 Å². The van der Waals surface area contributed by atoms with Gasteiger partial charge in [-0.3, -0.25) is 4.79 Å². The molecule has 0 spiro atoms. The summed E-state index contributed by atoms with van der Waals surface area (Å²) in [5.74, 6) is -0.633. The molecule has 2 fully saturated rings. The zero-order valence-electron chi connectivity index (χ0n) is 12.8. The molecule has 0 aromatic heterocycles. The van der Waals surface area contributed by atoms with E-state index in [4.69, 9.17) is 27.9 Å². The molecule has 6 nitrogen and oxygen atoms in total. The van der Waals surface area contributed by atoms with E-state index in [0.29, 0.717) is 17.0 Å². The molecule has 0 amide bonds. The van der Waals surface area contributed by atoms with Gasteiger partial charge in [-0.25, -0.2) is 0 Å². The van der Waals surface area contributed by atoms with Crippen LogP contribution >= 0.6 is 23.2 Å². The molecule has 1 saturated heterocycles. The quantitative estimate of drug-likeness (QED) is 0.586. The van der Waals surface area contributed by atoms with Crippen LogP contribution in [0.15, 0.2) is 18.2 Å². The Balaban J connectivity index is 1.79. The normalized spacial score (nSPS) is 42.0. The summed E-state index contributed by atoms with van der Waals surface area (Å²) in [4.78, 5) is 12.6. The van der Waals surface area contributed by atoms with Crippen molar-refractivity contribution in [3.8, 4) is 0 Å². The molecule has 4 N–H and O–H groups in total. The Labute approximate surface area is 148 Å². The van der Waals surface area contributed by atoms with Crippen molar-refractivity contribution in [1.82, 2.24) is 0 Å². The SMILES string of the molecule is C[C@]1([C@H]2O[C@H](O)[C@H](O)[C@@H](O)[C@H]2O)C[C@@H]1C(=O)c1ccc(Cl)c(Cl)c1. The zero-order chi connectivity index (χ0) is 17.8. The lowest BCUT2D eigenvalue weighted by atomic mass is 9.86. The lowest BCUT2D eigenvalue weighted by molar-refractivity contribution is -0.294. The van der Waals surface area contributed by atoms with Gasteiger partial charge in [-0.1, -0.05) is 30.1 Å². The van der Waals surface area contributed by atoms with Crippen LogP contribution < -0.4 is 0 Å². The number of carbonyl (C=O) groups excluding carboxylic acids is 1. The van der Waals surface area contributed by atoms with Gasteiger partial charge in [0.05, 0.1) is 16.1 Å². The van der Waals surface area contributed by atoms with Gasteiger partial charge in [0.2, 0.25) is 0 Å². The van der Waals surface area contributed by atoms with Gasteiger partial charge in [-0.2, -0.15) is 0 Å². The Kier molecular flexibility index (Phi) is 4.68. The van der Waals surface area contributed by atoms with E-state index in [1.54, 1.807) is 13.0 Å². The number of halogens is 2. The van der Waals surface area contributed by atoms with Crippen LogP contribution in [0.1, 0.15) is 23.7 Å². The molecule has 0 bridgehead atoms. The Bertz CT molecular complexity index is 668. The van der Waals surface area contributed by atoms with Crippen LogP contribution in [0.2, 0.25) is 10.0 Å². The van der Waals surface area contributed by atoms with Gasteiger partial charge < -0.3 is 25.2 Å². The monoisotopic (exact) mass is 376 g/mol. The van der Waals surface area contributed by atoms with Crippen LogP contribution in [0, 0.1) is 11.3 Å². The molecule has 2 aliphatic rings. The Hall–Kier alpha value is -0.730. The fourth-order valence-corrected chi connectivity index (χ4v) is 3.64. The van der Waals surface area contributed by atoms with Crippen molar-refractivity contribution in [2.45, 2.75) is 44.1 Å². The average molecular weight is 377 g/mol. The van der Waals surface area contributed by atoms with E-state index in [2.05, 4.69) is 0 Å². The van der Waals surface area contributed by atoms with Crippen molar-refractivity contribution < 1.29 is 30.0 Å². The highest BCUT2D eigenvalue weighted by atomic mass is 35.5. The molecule has 24 heavy (non-hydrogen) atoms. The third-order valence-corrected chi connectivity index (χ3v) is 5.78. The molecule has 1 aliphatic carbocycles. The van der Waals surface area contributed by atoms with Crippen molar-refractivity contribution in [3.63, 3.8) is 0 Å². The molecule has 1 aliphatic heterocycles. The molecule has 132 valence electrons. The van der Waals surface area contributed by atoms with Gasteiger partial charge in [0.25, 0.3) is 0 Å². The van der Waals surface area contributed by atoms with E-state index < -0.39 is 42.0 Å². The minimum absolute atomic E-state index is 0.179. The highest BCUT2D eigenvalue weighted by molar-refractivity contribution is 6.42. The summed E-state index contributed by atoms with van der Waals surface area (Å²) in [5.41, 5.74) is -0.366. The summed E-state index contributed by atoms with van der Waals surface area (Å²) >= 11 is 11.8. The van der Waals surface area contributed by atoms with Crippen molar-refractivity contribution in [1.29, 1.82) is 0 Å². The Morgan fingerprint density at radius 3 is 2.42 bits per heavy atom. The number of ether oxygens (including phenoxy) is 1. The molecule has 1 aromatic rings. The van der Waals surface area contributed by atoms with Gasteiger partial charge in [-0.05, 0) is 24.6 Å². The Morgan fingerprint density at radius 2 is 1.79 bits per heavy atom. The summed E-state index contributed by atoms with van der Waals surface area (Å²) in [6.45, 7) is 1.73. The first-order chi connectivity index (χ1) is 11.2. The molecule has 8 heteroatoms. The number of hydrogen-bond acceptors (Lipinski definition) is 6. The third kappa shape index (κ3) is 2.86. The third-order valence-electron chi connectivity index (χ3n) is 5.04. The van der Waals surface area contributed by atoms with Gasteiger partial charge in [0.15, 0.2) is 12.1 Å². The van der Waals surface area contributed by atoms with Gasteiger partial charge >= 0.3 is 0 Å². The first-order valence-electron chi connectivity index (χ1n) is 7.54. The van der Waals surface area contributed by atoms with E-state index >= 15 is 0 Å². The second kappa shape index (κ2) is 6.21. The van der Waals surface area contributed by atoms with Crippen LogP contribution in [0.4, 0.5) is 0 Å². The van der Waals surface area contributed by atoms with Crippen molar-refractivity contribution >= 4 is 29.0 Å². The van der Waals surface area contributed by atoms with E-state index in [-0.39, 0.29) is 10.8 Å². The van der Waals surface area contributed by atoms with Crippen LogP contribution in [-0.2, 0) is 4.74 Å². The maximum absolute atomic E-state index is 12.6. The summed E-state index contributed by atoms with van der Waals surface area (Å²) in [6.07, 6.45) is -6.71. The van der Waals surface area contributed by atoms with E-state index in [9.17, 15) is 25.2 Å². The molecule has 1 heterocycles. The van der Waals surface area contributed by atoms with Crippen molar-refractivity contribution in [2.75, 3.05) is 0 Å². The largest absolute Gasteiger partial charge is 0.388 e. The standard InChI is InChI=1S/C16H18Cl2O6/c1-16(14-12(21)11(20)13(22)15(23)24-14)5-7(16)10(19)6-2-3-8(17)9(18)4-6/h2-4,7,11-15,20-23H,5H2,1H3/t7-,11+,12-,13-,14+,15+,16+/m1/s1. The van der Waals surface area contributed by atoms with Crippen LogP contribution in [0.3, 0.4) is 0 Å². The second-order valence-electron chi connectivity index (χ2n) is 6.67. The van der Waals surface area contributed by atoms with Crippen LogP contribution in [0.25, 0.3) is 0 Å². The lowest BCUT2D eigenvalue weighted by Gasteiger charge is -2.41. The molecule has 0 unspecified atom stereocenters. The number of aliphatic hydroxyl groups excluding tert-OH is 4. The predicted molar refractivity (Wildman–Crippen MR) is 85.9 cm³/mol. The minimum Gasteiger partial charge on any atom is -0.388 e. The first kappa shape index (κ1) is 18.1. The number of carbonyl (C=O) groups is 1. The maximum Gasteiger partial charge on any atom is 0.183 e. The highest BCUT2D eigenvalue weighted by Gasteiger charge is 2.64. The minimum atomic E-state index is -1.62. The summed E-state index contributed by atoms with van der Waals surface area (Å²) < 4.78 is 5.26. The number of Topliss-reactive ketones (excluding diaryl/α,β-unsaturated/α-hetero) is 1.